The van der Waals surface area contributed by atoms with Crippen molar-refractivity contribution in [3.63, 3.8) is 0 Å². The number of hydrogen-bond acceptors (Lipinski definition) is 4. The lowest BCUT2D eigenvalue weighted by Crippen LogP contribution is -2.44. The molecule has 0 aromatic rings. The van der Waals surface area contributed by atoms with E-state index in [0.717, 1.165) is 6.42 Å². The highest BCUT2D eigenvalue weighted by Crippen LogP contribution is 2.04. The number of carbonyl (C=O) groups is 2. The van der Waals surface area contributed by atoms with Crippen LogP contribution in [0.4, 0.5) is 0 Å². The van der Waals surface area contributed by atoms with Crippen molar-refractivity contribution in [1.82, 2.24) is 5.32 Å². The van der Waals surface area contributed by atoms with Gasteiger partial charge in [0, 0.05) is 13.0 Å². The molecule has 0 saturated heterocycles. The summed E-state index contributed by atoms with van der Waals surface area (Å²) in [6.45, 7) is 6.57. The highest BCUT2D eigenvalue weighted by atomic mass is 16.5. The zero-order valence-electron chi connectivity index (χ0n) is 11.0. The molecule has 5 nitrogen and oxygen atoms in total. The van der Waals surface area contributed by atoms with Gasteiger partial charge in [-0.1, -0.05) is 20.3 Å². The van der Waals surface area contributed by atoms with Crippen molar-refractivity contribution in [2.75, 3.05) is 13.2 Å². The molecule has 0 radical (unpaired) electrons. The Bertz CT molecular complexity index is 244. The monoisotopic (exact) mass is 244 g/mol. The number of ether oxygens (including phenoxy) is 1. The van der Waals surface area contributed by atoms with Crippen LogP contribution < -0.4 is 11.1 Å². The van der Waals surface area contributed by atoms with Crippen molar-refractivity contribution in [2.45, 2.75) is 46.1 Å². The fraction of sp³-hybridized carbons (Fsp3) is 0.833. The minimum Gasteiger partial charge on any atom is -0.466 e. The van der Waals surface area contributed by atoms with E-state index in [1.54, 1.807) is 6.92 Å². The van der Waals surface area contributed by atoms with E-state index in [0.29, 0.717) is 26.0 Å². The van der Waals surface area contributed by atoms with Crippen LogP contribution >= 0.6 is 0 Å². The molecule has 100 valence electrons. The van der Waals surface area contributed by atoms with E-state index in [2.05, 4.69) is 5.32 Å². The molecule has 2 atom stereocenters. The lowest BCUT2D eigenvalue weighted by molar-refractivity contribution is -0.143. The van der Waals surface area contributed by atoms with Gasteiger partial charge >= 0.3 is 5.97 Å². The predicted molar refractivity (Wildman–Crippen MR) is 66.3 cm³/mol. The Morgan fingerprint density at radius 1 is 1.35 bits per heavy atom. The first-order chi connectivity index (χ1) is 8.02. The summed E-state index contributed by atoms with van der Waals surface area (Å²) in [6, 6.07) is -0.470. The maximum absolute atomic E-state index is 11.6. The van der Waals surface area contributed by atoms with Crippen molar-refractivity contribution in [1.29, 1.82) is 0 Å². The van der Waals surface area contributed by atoms with Crippen molar-refractivity contribution in [3.8, 4) is 0 Å². The fourth-order valence-corrected chi connectivity index (χ4v) is 1.31. The number of carbonyl (C=O) groups excluding carboxylic acids is 2. The molecule has 0 aromatic carbocycles. The summed E-state index contributed by atoms with van der Waals surface area (Å²) < 4.78 is 4.78. The van der Waals surface area contributed by atoms with Gasteiger partial charge in [-0.2, -0.15) is 0 Å². The van der Waals surface area contributed by atoms with Gasteiger partial charge in [0.25, 0.3) is 0 Å². The van der Waals surface area contributed by atoms with E-state index in [-0.39, 0.29) is 17.8 Å². The first-order valence-electron chi connectivity index (χ1n) is 6.21. The molecule has 0 bridgehead atoms. The molecule has 17 heavy (non-hydrogen) atoms. The van der Waals surface area contributed by atoms with Crippen LogP contribution in [0.5, 0.6) is 0 Å². The molecule has 0 fully saturated rings. The molecular formula is C12H24N2O3. The Balaban J connectivity index is 3.68. The third-order valence-corrected chi connectivity index (χ3v) is 2.72. The Morgan fingerprint density at radius 3 is 2.53 bits per heavy atom. The van der Waals surface area contributed by atoms with E-state index >= 15 is 0 Å². The van der Waals surface area contributed by atoms with E-state index in [1.165, 1.54) is 0 Å². The average molecular weight is 244 g/mol. The van der Waals surface area contributed by atoms with Gasteiger partial charge in [-0.15, -0.1) is 0 Å². The number of nitrogens with two attached hydrogens (primary N) is 1. The van der Waals surface area contributed by atoms with Gasteiger partial charge in [-0.05, 0) is 19.3 Å². The Labute approximate surface area is 103 Å². The van der Waals surface area contributed by atoms with Crippen molar-refractivity contribution in [3.05, 3.63) is 0 Å². The first-order valence-corrected chi connectivity index (χ1v) is 6.21. The lowest BCUT2D eigenvalue weighted by Gasteiger charge is -2.17. The van der Waals surface area contributed by atoms with Crippen molar-refractivity contribution >= 4 is 11.9 Å². The number of amides is 1. The molecule has 1 amide bonds. The summed E-state index contributed by atoms with van der Waals surface area (Å²) in [5.41, 5.74) is 5.76. The summed E-state index contributed by atoms with van der Waals surface area (Å²) >= 11 is 0. The SMILES string of the molecule is CCOC(=O)CCCNC(=O)[C@@H](N)C(C)CC. The van der Waals surface area contributed by atoms with Crippen LogP contribution in [0.2, 0.25) is 0 Å². The predicted octanol–water partition coefficient (Wildman–Crippen LogP) is 0.819. The van der Waals surface area contributed by atoms with Crippen molar-refractivity contribution < 1.29 is 14.3 Å². The highest BCUT2D eigenvalue weighted by molar-refractivity contribution is 5.81. The molecule has 0 aromatic heterocycles. The molecule has 5 heteroatoms. The van der Waals surface area contributed by atoms with Crippen LogP contribution in [-0.4, -0.2) is 31.1 Å². The molecule has 0 aliphatic rings. The molecule has 1 unspecified atom stereocenters. The van der Waals surface area contributed by atoms with Crippen LogP contribution in [0.15, 0.2) is 0 Å². The second-order valence-electron chi connectivity index (χ2n) is 4.11. The van der Waals surface area contributed by atoms with Gasteiger partial charge in [0.2, 0.25) is 5.91 Å². The first kappa shape index (κ1) is 15.9. The van der Waals surface area contributed by atoms with Crippen LogP contribution in [0, 0.1) is 5.92 Å². The fourth-order valence-electron chi connectivity index (χ4n) is 1.31. The summed E-state index contributed by atoms with van der Waals surface area (Å²) in [7, 11) is 0. The smallest absolute Gasteiger partial charge is 0.305 e. The molecule has 0 saturated carbocycles. The third-order valence-electron chi connectivity index (χ3n) is 2.72. The zero-order valence-corrected chi connectivity index (χ0v) is 11.0. The summed E-state index contributed by atoms with van der Waals surface area (Å²) in [5.74, 6) is -0.212. The molecule has 0 spiro atoms. The Kier molecular flexibility index (Phi) is 8.40. The summed E-state index contributed by atoms with van der Waals surface area (Å²) in [5, 5.41) is 2.72. The normalized spacial score (nSPS) is 13.9. The third kappa shape index (κ3) is 6.94. The minimum atomic E-state index is -0.470. The number of nitrogens with one attached hydrogen (secondary N) is 1. The average Bonchev–Trinajstić information content (AvgIpc) is 2.32. The number of esters is 1. The van der Waals surface area contributed by atoms with Gasteiger partial charge < -0.3 is 15.8 Å². The summed E-state index contributed by atoms with van der Waals surface area (Å²) in [6.07, 6.45) is 1.78. The zero-order chi connectivity index (χ0) is 13.3. The summed E-state index contributed by atoms with van der Waals surface area (Å²) in [4.78, 5) is 22.6. The van der Waals surface area contributed by atoms with Crippen LogP contribution in [0.3, 0.4) is 0 Å². The quantitative estimate of drug-likeness (QED) is 0.489. The maximum Gasteiger partial charge on any atom is 0.305 e. The van der Waals surface area contributed by atoms with Crippen LogP contribution in [-0.2, 0) is 14.3 Å². The molecular weight excluding hydrogens is 220 g/mol. The standard InChI is InChI=1S/C12H24N2O3/c1-4-9(3)11(13)12(16)14-8-6-7-10(15)17-5-2/h9,11H,4-8,13H2,1-3H3,(H,14,16)/t9?,11-/m0/s1. The second kappa shape index (κ2) is 8.98. The van der Waals surface area contributed by atoms with Gasteiger partial charge in [-0.3, -0.25) is 9.59 Å². The molecule has 0 aliphatic heterocycles. The Morgan fingerprint density at radius 2 is 2.00 bits per heavy atom. The van der Waals surface area contributed by atoms with E-state index in [4.69, 9.17) is 10.5 Å². The largest absolute Gasteiger partial charge is 0.466 e. The van der Waals surface area contributed by atoms with E-state index < -0.39 is 6.04 Å². The van der Waals surface area contributed by atoms with Gasteiger partial charge in [0.05, 0.1) is 12.6 Å². The molecule has 0 rings (SSSR count). The maximum atomic E-state index is 11.6. The van der Waals surface area contributed by atoms with Gasteiger partial charge in [0.15, 0.2) is 0 Å². The lowest BCUT2D eigenvalue weighted by atomic mass is 9.99. The minimum absolute atomic E-state index is 0.150. The molecule has 0 heterocycles. The van der Waals surface area contributed by atoms with Crippen molar-refractivity contribution in [2.24, 2.45) is 11.7 Å². The van der Waals surface area contributed by atoms with Gasteiger partial charge in [-0.25, -0.2) is 0 Å². The molecule has 0 aliphatic carbocycles. The highest BCUT2D eigenvalue weighted by Gasteiger charge is 2.18. The molecule has 3 N–H and O–H groups in total. The van der Waals surface area contributed by atoms with E-state index in [1.807, 2.05) is 13.8 Å². The number of rotatable bonds is 8. The topological polar surface area (TPSA) is 81.4 Å². The van der Waals surface area contributed by atoms with Crippen LogP contribution in [0.25, 0.3) is 0 Å². The van der Waals surface area contributed by atoms with Crippen LogP contribution in [0.1, 0.15) is 40.0 Å². The van der Waals surface area contributed by atoms with E-state index in [9.17, 15) is 9.59 Å². The second-order valence-corrected chi connectivity index (χ2v) is 4.11. The number of hydrogen-bond donors (Lipinski definition) is 2. The van der Waals surface area contributed by atoms with Gasteiger partial charge in [0.1, 0.15) is 0 Å². The Hall–Kier alpha value is -1.10.